The second-order valence-electron chi connectivity index (χ2n) is 9.96. The first-order valence-electron chi connectivity index (χ1n) is 13.2. The largest absolute Gasteiger partial charge is 0.330 e. The molecule has 3 heteroatoms. The second kappa shape index (κ2) is 8.64. The lowest BCUT2D eigenvalue weighted by atomic mass is 10.1. The Bertz CT molecular complexity index is 2160. The van der Waals surface area contributed by atoms with Crippen molar-refractivity contribution in [1.82, 2.24) is 9.55 Å². The van der Waals surface area contributed by atoms with Crippen LogP contribution in [0.5, 0.6) is 0 Å². The smallest absolute Gasteiger partial charge is 0.272 e. The van der Waals surface area contributed by atoms with E-state index in [-0.39, 0.29) is 0 Å². The van der Waals surface area contributed by atoms with Gasteiger partial charge in [0.1, 0.15) is 6.20 Å². The van der Waals surface area contributed by atoms with E-state index >= 15 is 0 Å². The molecule has 0 aliphatic carbocycles. The quantitative estimate of drug-likeness (QED) is 0.224. The Morgan fingerprint density at radius 3 is 1.97 bits per heavy atom. The topological polar surface area (TPSA) is 21.9 Å². The first-order valence-corrected chi connectivity index (χ1v) is 13.2. The fraction of sp³-hybridized carbons (Fsp3) is 0. The molecule has 0 amide bonds. The zero-order valence-electron chi connectivity index (χ0n) is 21.2. The van der Waals surface area contributed by atoms with Crippen LogP contribution in [-0.4, -0.2) is 9.55 Å². The molecule has 8 aromatic rings. The zero-order chi connectivity index (χ0) is 25.8. The molecule has 3 aromatic heterocycles. The molecule has 182 valence electrons. The first kappa shape index (κ1) is 21.8. The van der Waals surface area contributed by atoms with E-state index in [1.165, 1.54) is 27.1 Å². The van der Waals surface area contributed by atoms with Crippen molar-refractivity contribution in [3.05, 3.63) is 146 Å². The summed E-state index contributed by atoms with van der Waals surface area (Å²) < 4.78 is 4.47. The number of aromatic nitrogens is 3. The Kier molecular flexibility index (Phi) is 4.82. The predicted molar refractivity (Wildman–Crippen MR) is 160 cm³/mol. The van der Waals surface area contributed by atoms with Gasteiger partial charge in [0.2, 0.25) is 0 Å². The van der Waals surface area contributed by atoms with Gasteiger partial charge in [0, 0.05) is 16.8 Å². The summed E-state index contributed by atoms with van der Waals surface area (Å²) in [5, 5.41) is 4.92. The molecule has 0 aliphatic rings. The van der Waals surface area contributed by atoms with Crippen molar-refractivity contribution in [3.8, 4) is 28.1 Å². The Balaban J connectivity index is 1.50. The third kappa shape index (κ3) is 3.52. The average molecular weight is 499 g/mol. The Morgan fingerprint density at radius 1 is 0.513 bits per heavy atom. The molecule has 0 atom stereocenters. The molecule has 39 heavy (non-hydrogen) atoms. The Hall–Kier alpha value is -5.28. The maximum Gasteiger partial charge on any atom is 0.330 e. The zero-order valence-corrected chi connectivity index (χ0v) is 21.2. The van der Waals surface area contributed by atoms with Gasteiger partial charge in [-0.25, -0.2) is 4.40 Å². The number of hydrogen-bond donors (Lipinski definition) is 0. The Morgan fingerprint density at radius 2 is 1.18 bits per heavy atom. The number of benzene rings is 5. The van der Waals surface area contributed by atoms with Crippen LogP contribution in [0.1, 0.15) is 0 Å². The molecular weight excluding hydrogens is 474 g/mol. The summed E-state index contributed by atoms with van der Waals surface area (Å²) in [6.07, 6.45) is 4.32. The number of nitrogens with zero attached hydrogens (tertiary/aromatic N) is 3. The summed E-state index contributed by atoms with van der Waals surface area (Å²) in [5.41, 5.74) is 7.75. The van der Waals surface area contributed by atoms with E-state index in [4.69, 9.17) is 4.98 Å². The monoisotopic (exact) mass is 498 g/mol. The summed E-state index contributed by atoms with van der Waals surface area (Å²) >= 11 is 0. The molecular formula is C36H24N3+. The number of rotatable bonds is 3. The van der Waals surface area contributed by atoms with Gasteiger partial charge in [0.05, 0.1) is 22.8 Å². The van der Waals surface area contributed by atoms with E-state index in [2.05, 4.69) is 149 Å². The van der Waals surface area contributed by atoms with Crippen LogP contribution in [0.15, 0.2) is 146 Å². The van der Waals surface area contributed by atoms with E-state index in [0.29, 0.717) is 0 Å². The highest BCUT2D eigenvalue weighted by atomic mass is 15.1. The highest BCUT2D eigenvalue weighted by Crippen LogP contribution is 2.37. The van der Waals surface area contributed by atoms with E-state index in [0.717, 1.165) is 39.2 Å². The van der Waals surface area contributed by atoms with Gasteiger partial charge >= 0.3 is 5.65 Å². The molecule has 0 N–H and O–H groups in total. The maximum absolute atomic E-state index is 5.39. The predicted octanol–water partition coefficient (Wildman–Crippen LogP) is 8.40. The minimum atomic E-state index is 0.901. The van der Waals surface area contributed by atoms with Gasteiger partial charge in [-0.3, -0.25) is 4.57 Å². The third-order valence-corrected chi connectivity index (χ3v) is 7.64. The molecule has 0 radical (unpaired) electrons. The molecule has 0 spiro atoms. The summed E-state index contributed by atoms with van der Waals surface area (Å²) in [7, 11) is 0. The molecule has 5 aromatic carbocycles. The van der Waals surface area contributed by atoms with Crippen molar-refractivity contribution in [2.24, 2.45) is 0 Å². The molecule has 0 unspecified atom stereocenters. The molecule has 0 fully saturated rings. The number of hydrogen-bond acceptors (Lipinski definition) is 1. The normalized spacial score (nSPS) is 11.6. The highest BCUT2D eigenvalue weighted by molar-refractivity contribution is 6.13. The summed E-state index contributed by atoms with van der Waals surface area (Å²) in [4.78, 5) is 5.39. The van der Waals surface area contributed by atoms with Crippen LogP contribution in [-0.2, 0) is 0 Å². The van der Waals surface area contributed by atoms with Crippen LogP contribution in [0.3, 0.4) is 0 Å². The van der Waals surface area contributed by atoms with Crippen LogP contribution in [0.4, 0.5) is 0 Å². The molecule has 0 bridgehead atoms. The first-order chi connectivity index (χ1) is 19.3. The van der Waals surface area contributed by atoms with Gasteiger partial charge < -0.3 is 0 Å². The van der Waals surface area contributed by atoms with Gasteiger partial charge in [-0.1, -0.05) is 103 Å². The molecule has 0 saturated heterocycles. The van der Waals surface area contributed by atoms with Gasteiger partial charge in [0.25, 0.3) is 5.82 Å². The fourth-order valence-electron chi connectivity index (χ4n) is 5.75. The van der Waals surface area contributed by atoms with Crippen molar-refractivity contribution in [2.75, 3.05) is 0 Å². The van der Waals surface area contributed by atoms with Crippen LogP contribution < -0.4 is 4.40 Å². The SMILES string of the molecule is c1ccc(-c2cc[n+]3cc(-c4ccccc4)c(-n4c5ccccc5c5cc6ccccc6cc54)nc3c2)cc1. The van der Waals surface area contributed by atoms with Crippen molar-refractivity contribution in [2.45, 2.75) is 0 Å². The Labute approximate surface area is 225 Å². The second-order valence-corrected chi connectivity index (χ2v) is 9.96. The van der Waals surface area contributed by atoms with E-state index in [1.807, 2.05) is 6.07 Å². The van der Waals surface area contributed by atoms with Gasteiger partial charge in [-0.05, 0) is 56.7 Å². The van der Waals surface area contributed by atoms with E-state index in [9.17, 15) is 0 Å². The lowest BCUT2D eigenvalue weighted by molar-refractivity contribution is -0.513. The van der Waals surface area contributed by atoms with Gasteiger partial charge in [-0.2, -0.15) is 0 Å². The van der Waals surface area contributed by atoms with Crippen LogP contribution in [0.25, 0.3) is 66.3 Å². The van der Waals surface area contributed by atoms with Crippen LogP contribution in [0.2, 0.25) is 0 Å². The maximum atomic E-state index is 5.39. The molecule has 3 nitrogen and oxygen atoms in total. The lowest BCUT2D eigenvalue weighted by Gasteiger charge is -2.10. The highest BCUT2D eigenvalue weighted by Gasteiger charge is 2.23. The van der Waals surface area contributed by atoms with E-state index < -0.39 is 0 Å². The summed E-state index contributed by atoms with van der Waals surface area (Å²) in [6.45, 7) is 0. The van der Waals surface area contributed by atoms with Crippen molar-refractivity contribution >= 4 is 38.2 Å². The van der Waals surface area contributed by atoms with Crippen LogP contribution >= 0.6 is 0 Å². The van der Waals surface area contributed by atoms with E-state index in [1.54, 1.807) is 0 Å². The molecule has 3 heterocycles. The van der Waals surface area contributed by atoms with Crippen molar-refractivity contribution in [3.63, 3.8) is 0 Å². The average Bonchev–Trinajstić information content (AvgIpc) is 3.33. The van der Waals surface area contributed by atoms with Gasteiger partial charge in [0.15, 0.2) is 0 Å². The standard InChI is InChI=1S/C36H24N3/c1-3-11-25(12-4-1)29-19-20-38-24-32(26-13-5-2-6-14-26)36(37-35(38)23-29)39-33-18-10-9-17-30(33)31-21-27-15-7-8-16-28(27)22-34(31)39/h1-24H/q+1. The van der Waals surface area contributed by atoms with Crippen LogP contribution in [0, 0.1) is 0 Å². The molecule has 8 rings (SSSR count). The summed E-state index contributed by atoms with van der Waals surface area (Å²) in [5.74, 6) is 0.924. The lowest BCUT2D eigenvalue weighted by Crippen LogP contribution is -2.24. The number of fused-ring (bicyclic) bond motifs is 5. The fourth-order valence-corrected chi connectivity index (χ4v) is 5.75. The minimum absolute atomic E-state index is 0.901. The van der Waals surface area contributed by atoms with Gasteiger partial charge in [-0.15, -0.1) is 0 Å². The van der Waals surface area contributed by atoms with Crippen molar-refractivity contribution in [1.29, 1.82) is 0 Å². The number of pyridine rings is 1. The molecule has 0 aliphatic heterocycles. The summed E-state index contributed by atoms with van der Waals surface area (Å²) in [6, 6.07) is 47.2. The van der Waals surface area contributed by atoms with Crippen molar-refractivity contribution < 1.29 is 4.40 Å². The number of para-hydroxylation sites is 1. The molecule has 0 saturated carbocycles. The third-order valence-electron chi connectivity index (χ3n) is 7.64. The minimum Gasteiger partial charge on any atom is -0.272 e.